The molecule has 1 aliphatic rings. The maximum Gasteiger partial charge on any atom is 0.330 e. The Kier molecular flexibility index (Phi) is 6.27. The lowest BCUT2D eigenvalue weighted by molar-refractivity contribution is -0.139. The Morgan fingerprint density at radius 3 is 2.80 bits per heavy atom. The van der Waals surface area contributed by atoms with Crippen LogP contribution < -0.4 is 10.6 Å². The fourth-order valence-electron chi connectivity index (χ4n) is 2.19. The Bertz CT molecular complexity index is 425. The van der Waals surface area contributed by atoms with E-state index in [4.69, 9.17) is 4.74 Å². The van der Waals surface area contributed by atoms with Gasteiger partial charge in [-0.3, -0.25) is 0 Å². The van der Waals surface area contributed by atoms with Crippen LogP contribution in [0.15, 0.2) is 42.5 Å². The summed E-state index contributed by atoms with van der Waals surface area (Å²) < 4.78 is 5.16. The minimum Gasteiger partial charge on any atom is -0.458 e. The maximum atomic E-state index is 11.5. The van der Waals surface area contributed by atoms with E-state index in [1.165, 1.54) is 6.08 Å². The van der Waals surface area contributed by atoms with Crippen molar-refractivity contribution >= 4 is 5.97 Å². The Hall–Kier alpha value is -1.65. The zero-order valence-electron chi connectivity index (χ0n) is 11.7. The fourth-order valence-corrected chi connectivity index (χ4v) is 2.19. The molecule has 4 heteroatoms. The molecule has 1 fully saturated rings. The van der Waals surface area contributed by atoms with Gasteiger partial charge in [-0.05, 0) is 31.5 Å². The monoisotopic (exact) mass is 274 g/mol. The van der Waals surface area contributed by atoms with Crippen molar-refractivity contribution in [2.45, 2.75) is 25.5 Å². The number of hydrogen-bond acceptors (Lipinski definition) is 4. The van der Waals surface area contributed by atoms with Crippen LogP contribution in [0.3, 0.4) is 0 Å². The van der Waals surface area contributed by atoms with E-state index in [-0.39, 0.29) is 5.97 Å². The summed E-state index contributed by atoms with van der Waals surface area (Å²) in [6.07, 6.45) is 5.62. The van der Waals surface area contributed by atoms with Crippen molar-refractivity contribution in [3.05, 3.63) is 48.0 Å². The molecule has 108 valence electrons. The van der Waals surface area contributed by atoms with E-state index < -0.39 is 0 Å². The van der Waals surface area contributed by atoms with Gasteiger partial charge in [0.25, 0.3) is 0 Å². The summed E-state index contributed by atoms with van der Waals surface area (Å²) in [6.45, 7) is 3.18. The molecule has 0 atom stereocenters. The highest BCUT2D eigenvalue weighted by Gasteiger charge is 2.10. The summed E-state index contributed by atoms with van der Waals surface area (Å²) in [6, 6.07) is 10.2. The van der Waals surface area contributed by atoms with E-state index in [1.54, 1.807) is 0 Å². The molecule has 2 N–H and O–H groups in total. The van der Waals surface area contributed by atoms with Crippen molar-refractivity contribution in [2.75, 3.05) is 19.6 Å². The van der Waals surface area contributed by atoms with Crippen LogP contribution in [0.1, 0.15) is 18.4 Å². The van der Waals surface area contributed by atoms with E-state index in [2.05, 4.69) is 10.6 Å². The number of carbonyl (C=O) groups excluding carboxylic acids is 1. The fraction of sp³-hybridized carbons (Fsp3) is 0.438. The highest BCUT2D eigenvalue weighted by atomic mass is 16.5. The first-order valence-corrected chi connectivity index (χ1v) is 7.16. The predicted molar refractivity (Wildman–Crippen MR) is 79.3 cm³/mol. The lowest BCUT2D eigenvalue weighted by atomic mass is 10.1. The maximum absolute atomic E-state index is 11.5. The highest BCUT2D eigenvalue weighted by Crippen LogP contribution is 2.02. The first-order valence-electron chi connectivity index (χ1n) is 7.16. The zero-order valence-corrected chi connectivity index (χ0v) is 11.7. The van der Waals surface area contributed by atoms with E-state index >= 15 is 0 Å². The summed E-state index contributed by atoms with van der Waals surface area (Å²) >= 11 is 0. The molecule has 0 unspecified atom stereocenters. The number of piperidine rings is 1. The van der Waals surface area contributed by atoms with Crippen LogP contribution in [0.5, 0.6) is 0 Å². The van der Waals surface area contributed by atoms with Crippen LogP contribution in [-0.2, 0) is 16.1 Å². The van der Waals surface area contributed by atoms with Crippen molar-refractivity contribution in [1.29, 1.82) is 0 Å². The third kappa shape index (κ3) is 5.55. The normalized spacial score (nSPS) is 16.4. The van der Waals surface area contributed by atoms with Gasteiger partial charge in [-0.25, -0.2) is 4.79 Å². The van der Waals surface area contributed by atoms with E-state index in [1.807, 2.05) is 36.4 Å². The van der Waals surface area contributed by atoms with Crippen molar-refractivity contribution in [2.24, 2.45) is 0 Å². The van der Waals surface area contributed by atoms with Crippen LogP contribution in [0.25, 0.3) is 0 Å². The first-order chi connectivity index (χ1) is 9.84. The standard InChI is InChI=1S/C16H22N2O2/c19-16(20-13-14-5-2-1-3-6-14)7-4-10-18-15-8-11-17-12-9-15/h1-7,15,17-18H,8-13H2. The molecule has 1 aromatic carbocycles. The average Bonchev–Trinajstić information content (AvgIpc) is 2.52. The number of benzene rings is 1. The molecule has 1 heterocycles. The average molecular weight is 274 g/mol. The summed E-state index contributed by atoms with van der Waals surface area (Å²) in [5.74, 6) is -0.291. The Labute approximate surface area is 120 Å². The number of carbonyl (C=O) groups is 1. The van der Waals surface area contributed by atoms with Gasteiger partial charge in [0.1, 0.15) is 6.61 Å². The predicted octanol–water partition coefficient (Wildman–Crippen LogP) is 1.63. The summed E-state index contributed by atoms with van der Waals surface area (Å²) in [4.78, 5) is 11.5. The van der Waals surface area contributed by atoms with Crippen molar-refractivity contribution in [3.63, 3.8) is 0 Å². The van der Waals surface area contributed by atoms with Gasteiger partial charge in [0.2, 0.25) is 0 Å². The second-order valence-corrected chi connectivity index (χ2v) is 4.93. The SMILES string of the molecule is O=C(C=CCNC1CCNCC1)OCc1ccccc1. The van der Waals surface area contributed by atoms with Crippen LogP contribution in [-0.4, -0.2) is 31.6 Å². The number of rotatable bonds is 6. The molecule has 20 heavy (non-hydrogen) atoms. The zero-order chi connectivity index (χ0) is 14.0. The van der Waals surface area contributed by atoms with Gasteiger partial charge in [0, 0.05) is 18.7 Å². The van der Waals surface area contributed by atoms with Crippen molar-refractivity contribution in [1.82, 2.24) is 10.6 Å². The van der Waals surface area contributed by atoms with Gasteiger partial charge in [-0.15, -0.1) is 0 Å². The third-order valence-corrected chi connectivity index (χ3v) is 3.34. The summed E-state index contributed by atoms with van der Waals surface area (Å²) in [7, 11) is 0. The summed E-state index contributed by atoms with van der Waals surface area (Å²) in [5, 5.41) is 6.74. The van der Waals surface area contributed by atoms with Crippen LogP contribution in [0.4, 0.5) is 0 Å². The largest absolute Gasteiger partial charge is 0.458 e. The molecule has 1 aliphatic heterocycles. The van der Waals surface area contributed by atoms with E-state index in [0.29, 0.717) is 19.2 Å². The van der Waals surface area contributed by atoms with Gasteiger partial charge in [-0.2, -0.15) is 0 Å². The molecule has 0 bridgehead atoms. The van der Waals surface area contributed by atoms with Crippen LogP contribution in [0.2, 0.25) is 0 Å². The Morgan fingerprint density at radius 2 is 2.05 bits per heavy atom. The van der Waals surface area contributed by atoms with Crippen molar-refractivity contribution < 1.29 is 9.53 Å². The number of nitrogens with one attached hydrogen (secondary N) is 2. The van der Waals surface area contributed by atoms with Crippen LogP contribution >= 0.6 is 0 Å². The van der Waals surface area contributed by atoms with E-state index in [9.17, 15) is 4.79 Å². The Morgan fingerprint density at radius 1 is 1.30 bits per heavy atom. The molecule has 0 aromatic heterocycles. The molecule has 4 nitrogen and oxygen atoms in total. The molecule has 2 rings (SSSR count). The quantitative estimate of drug-likeness (QED) is 0.611. The van der Waals surface area contributed by atoms with Gasteiger partial charge < -0.3 is 15.4 Å². The lowest BCUT2D eigenvalue weighted by Crippen LogP contribution is -2.39. The molecule has 0 aliphatic carbocycles. The van der Waals surface area contributed by atoms with Crippen molar-refractivity contribution in [3.8, 4) is 0 Å². The molecular weight excluding hydrogens is 252 g/mol. The number of ether oxygens (including phenoxy) is 1. The summed E-state index contributed by atoms with van der Waals surface area (Å²) in [5.41, 5.74) is 1.00. The lowest BCUT2D eigenvalue weighted by Gasteiger charge is -2.22. The molecule has 0 radical (unpaired) electrons. The highest BCUT2D eigenvalue weighted by molar-refractivity contribution is 5.81. The molecule has 1 aromatic rings. The van der Waals surface area contributed by atoms with Gasteiger partial charge in [0.05, 0.1) is 0 Å². The number of hydrogen-bond donors (Lipinski definition) is 2. The molecule has 0 spiro atoms. The molecule has 0 amide bonds. The van der Waals surface area contributed by atoms with Gasteiger partial charge >= 0.3 is 5.97 Å². The third-order valence-electron chi connectivity index (χ3n) is 3.34. The Balaban J connectivity index is 1.60. The van der Waals surface area contributed by atoms with Gasteiger partial charge in [0.15, 0.2) is 0 Å². The van der Waals surface area contributed by atoms with Crippen LogP contribution in [0, 0.1) is 0 Å². The minimum atomic E-state index is -0.291. The smallest absolute Gasteiger partial charge is 0.330 e. The molecule has 0 saturated carbocycles. The molecule has 1 saturated heterocycles. The topological polar surface area (TPSA) is 50.4 Å². The first kappa shape index (κ1) is 14.8. The van der Waals surface area contributed by atoms with Gasteiger partial charge in [-0.1, -0.05) is 36.4 Å². The minimum absolute atomic E-state index is 0.291. The number of esters is 1. The second kappa shape index (κ2) is 8.51. The second-order valence-electron chi connectivity index (χ2n) is 4.93. The molecular formula is C16H22N2O2. The van der Waals surface area contributed by atoms with E-state index in [0.717, 1.165) is 31.5 Å².